The van der Waals surface area contributed by atoms with Crippen LogP contribution in [0.25, 0.3) is 22.3 Å². The number of aromatic nitrogens is 4. The van der Waals surface area contributed by atoms with Crippen LogP contribution < -0.4 is 0 Å². The maximum atomic E-state index is 14.5. The number of benzene rings is 1. The molecule has 3 aromatic rings. The van der Waals surface area contributed by atoms with Crippen molar-refractivity contribution in [2.75, 3.05) is 6.26 Å². The fourth-order valence-electron chi connectivity index (χ4n) is 2.79. The summed E-state index contributed by atoms with van der Waals surface area (Å²) in [5, 5.41) is -0.516. The number of halogens is 2. The summed E-state index contributed by atoms with van der Waals surface area (Å²) in [7, 11) is -3.72. The van der Waals surface area contributed by atoms with E-state index < -0.39 is 26.6 Å². The quantitative estimate of drug-likeness (QED) is 0.666. The SMILES string of the molecule is Cc1nc2c(F)cc(-c3nc(S(C)(=O)=O)ncc3F)cc2n1C(C)C. The van der Waals surface area contributed by atoms with Crippen LogP contribution in [0.5, 0.6) is 0 Å². The average Bonchev–Trinajstić information content (AvgIpc) is 2.83. The fraction of sp³-hybridized carbons (Fsp3) is 0.312. The summed E-state index contributed by atoms with van der Waals surface area (Å²) < 4.78 is 53.7. The normalized spacial score (nSPS) is 12.3. The number of rotatable bonds is 3. The second-order valence-corrected chi connectivity index (χ2v) is 7.98. The van der Waals surface area contributed by atoms with Gasteiger partial charge >= 0.3 is 0 Å². The summed E-state index contributed by atoms with van der Waals surface area (Å²) in [6, 6.07) is 2.66. The Hall–Kier alpha value is -2.42. The van der Waals surface area contributed by atoms with E-state index in [0.29, 0.717) is 11.3 Å². The van der Waals surface area contributed by atoms with E-state index in [4.69, 9.17) is 0 Å². The minimum Gasteiger partial charge on any atom is -0.326 e. The Kier molecular flexibility index (Phi) is 4.06. The highest BCUT2D eigenvalue weighted by atomic mass is 32.2. The molecule has 0 amide bonds. The molecule has 0 fully saturated rings. The van der Waals surface area contributed by atoms with Crippen LogP contribution in [0, 0.1) is 18.6 Å². The van der Waals surface area contributed by atoms with E-state index >= 15 is 0 Å². The highest BCUT2D eigenvalue weighted by Gasteiger charge is 2.20. The van der Waals surface area contributed by atoms with Gasteiger partial charge < -0.3 is 4.57 Å². The van der Waals surface area contributed by atoms with E-state index in [1.165, 1.54) is 0 Å². The van der Waals surface area contributed by atoms with Gasteiger partial charge in [-0.3, -0.25) is 0 Å². The predicted octanol–water partition coefficient (Wildman–Crippen LogP) is 3.06. The van der Waals surface area contributed by atoms with Gasteiger partial charge in [0.1, 0.15) is 17.0 Å². The molecule has 25 heavy (non-hydrogen) atoms. The number of nitrogens with zero attached hydrogens (tertiary/aromatic N) is 4. The van der Waals surface area contributed by atoms with Gasteiger partial charge in [-0.2, -0.15) is 0 Å². The van der Waals surface area contributed by atoms with Gasteiger partial charge in [-0.1, -0.05) is 0 Å². The van der Waals surface area contributed by atoms with Crippen LogP contribution in [-0.2, 0) is 9.84 Å². The first kappa shape index (κ1) is 17.4. The van der Waals surface area contributed by atoms with Crippen LogP contribution in [0.2, 0.25) is 0 Å². The maximum Gasteiger partial charge on any atom is 0.247 e. The fourth-order valence-corrected chi connectivity index (χ4v) is 3.29. The smallest absolute Gasteiger partial charge is 0.247 e. The molecule has 0 bridgehead atoms. The van der Waals surface area contributed by atoms with Gasteiger partial charge in [-0.05, 0) is 32.9 Å². The van der Waals surface area contributed by atoms with E-state index in [1.54, 1.807) is 13.0 Å². The zero-order valence-electron chi connectivity index (χ0n) is 14.1. The van der Waals surface area contributed by atoms with Gasteiger partial charge in [0.25, 0.3) is 0 Å². The standard InChI is InChI=1S/C16H16F2N4O2S/c1-8(2)22-9(3)20-15-11(17)5-10(6-13(15)22)14-12(18)7-19-16(21-14)25(4,23)24/h5-8H,1-4H3. The van der Waals surface area contributed by atoms with Crippen molar-refractivity contribution in [1.29, 1.82) is 0 Å². The van der Waals surface area contributed by atoms with Crippen molar-refractivity contribution in [2.45, 2.75) is 32.0 Å². The van der Waals surface area contributed by atoms with E-state index in [9.17, 15) is 17.2 Å². The Morgan fingerprint density at radius 2 is 1.80 bits per heavy atom. The molecule has 1 aromatic carbocycles. The zero-order chi connectivity index (χ0) is 18.5. The third-order valence-corrected chi connectivity index (χ3v) is 4.63. The Morgan fingerprint density at radius 1 is 1.12 bits per heavy atom. The van der Waals surface area contributed by atoms with Crippen LogP contribution in [0.4, 0.5) is 8.78 Å². The molecule has 0 aliphatic rings. The lowest BCUT2D eigenvalue weighted by Crippen LogP contribution is -2.06. The van der Waals surface area contributed by atoms with Crippen molar-refractivity contribution >= 4 is 20.9 Å². The van der Waals surface area contributed by atoms with Crippen LogP contribution in [0.15, 0.2) is 23.5 Å². The summed E-state index contributed by atoms with van der Waals surface area (Å²) in [6.07, 6.45) is 1.69. The molecule has 9 heteroatoms. The van der Waals surface area contributed by atoms with E-state index in [1.807, 2.05) is 18.4 Å². The van der Waals surface area contributed by atoms with Crippen molar-refractivity contribution in [1.82, 2.24) is 19.5 Å². The molecule has 3 rings (SSSR count). The average molecular weight is 366 g/mol. The van der Waals surface area contributed by atoms with Gasteiger partial charge in [0.05, 0.1) is 11.7 Å². The molecule has 2 aromatic heterocycles. The van der Waals surface area contributed by atoms with Crippen molar-refractivity contribution in [3.63, 3.8) is 0 Å². The summed E-state index contributed by atoms with van der Waals surface area (Å²) in [6.45, 7) is 5.60. The molecule has 0 saturated heterocycles. The Labute approximate surface area is 143 Å². The predicted molar refractivity (Wildman–Crippen MR) is 88.9 cm³/mol. The Bertz CT molecular complexity index is 1090. The Balaban J connectivity index is 2.32. The molecule has 0 aliphatic carbocycles. The number of hydrogen-bond acceptors (Lipinski definition) is 5. The first-order valence-electron chi connectivity index (χ1n) is 7.50. The highest BCUT2D eigenvalue weighted by molar-refractivity contribution is 7.90. The van der Waals surface area contributed by atoms with Crippen molar-refractivity contribution in [3.8, 4) is 11.3 Å². The molecule has 132 valence electrons. The minimum atomic E-state index is -3.72. The number of sulfone groups is 1. The molecule has 0 N–H and O–H groups in total. The van der Waals surface area contributed by atoms with E-state index in [-0.39, 0.29) is 22.8 Å². The monoisotopic (exact) mass is 366 g/mol. The summed E-state index contributed by atoms with van der Waals surface area (Å²) >= 11 is 0. The van der Waals surface area contributed by atoms with Gasteiger partial charge in [-0.25, -0.2) is 32.2 Å². The molecular formula is C16H16F2N4O2S. The van der Waals surface area contributed by atoms with Crippen LogP contribution in [-0.4, -0.2) is 34.2 Å². The van der Waals surface area contributed by atoms with Gasteiger partial charge in [0.15, 0.2) is 11.6 Å². The second-order valence-electron chi connectivity index (χ2n) is 6.07. The molecule has 0 saturated carbocycles. The minimum absolute atomic E-state index is 0.0153. The molecular weight excluding hydrogens is 350 g/mol. The number of hydrogen-bond donors (Lipinski definition) is 0. The lowest BCUT2D eigenvalue weighted by molar-refractivity contribution is 0.582. The lowest BCUT2D eigenvalue weighted by atomic mass is 10.1. The molecule has 0 aliphatic heterocycles. The van der Waals surface area contributed by atoms with Crippen LogP contribution in [0.1, 0.15) is 25.7 Å². The second kappa shape index (κ2) is 5.83. The molecule has 2 heterocycles. The maximum absolute atomic E-state index is 14.5. The third kappa shape index (κ3) is 2.99. The Morgan fingerprint density at radius 3 is 2.40 bits per heavy atom. The van der Waals surface area contributed by atoms with Gasteiger partial charge in [0, 0.05) is 17.9 Å². The van der Waals surface area contributed by atoms with Crippen molar-refractivity contribution < 1.29 is 17.2 Å². The topological polar surface area (TPSA) is 77.7 Å². The molecule has 6 nitrogen and oxygen atoms in total. The molecule has 0 unspecified atom stereocenters. The highest BCUT2D eigenvalue weighted by Crippen LogP contribution is 2.30. The summed E-state index contributed by atoms with van der Waals surface area (Å²) in [5.74, 6) is -0.839. The number of fused-ring (bicyclic) bond motifs is 1. The van der Waals surface area contributed by atoms with Crippen LogP contribution >= 0.6 is 0 Å². The first-order chi connectivity index (χ1) is 11.6. The number of imidazole rings is 1. The van der Waals surface area contributed by atoms with Gasteiger partial charge in [0.2, 0.25) is 15.0 Å². The van der Waals surface area contributed by atoms with Crippen LogP contribution in [0.3, 0.4) is 0 Å². The molecule has 0 radical (unpaired) electrons. The van der Waals surface area contributed by atoms with Crippen molar-refractivity contribution in [3.05, 3.63) is 35.8 Å². The van der Waals surface area contributed by atoms with Gasteiger partial charge in [-0.15, -0.1) is 0 Å². The molecule has 0 spiro atoms. The largest absolute Gasteiger partial charge is 0.326 e. The van der Waals surface area contributed by atoms with Crippen molar-refractivity contribution in [2.24, 2.45) is 0 Å². The van der Waals surface area contributed by atoms with E-state index in [0.717, 1.165) is 18.5 Å². The molecule has 0 atom stereocenters. The summed E-state index contributed by atoms with van der Waals surface area (Å²) in [5.41, 5.74) is 0.510. The zero-order valence-corrected chi connectivity index (χ0v) is 14.9. The number of aryl methyl sites for hydroxylation is 1. The first-order valence-corrected chi connectivity index (χ1v) is 9.39. The summed E-state index contributed by atoms with van der Waals surface area (Å²) in [4.78, 5) is 11.5. The lowest BCUT2D eigenvalue weighted by Gasteiger charge is -2.12. The van der Waals surface area contributed by atoms with E-state index in [2.05, 4.69) is 15.0 Å². The third-order valence-electron chi connectivity index (χ3n) is 3.77.